The lowest BCUT2D eigenvalue weighted by molar-refractivity contribution is -0.116. The van der Waals surface area contributed by atoms with Gasteiger partial charge < -0.3 is 15.4 Å². The number of carbonyl (C=O) groups excluding carboxylic acids is 2. The van der Waals surface area contributed by atoms with Crippen LogP contribution in [0.25, 0.3) is 0 Å². The molecule has 2 rings (SSSR count). The maximum Gasteiger partial charge on any atom is 0.256 e. The summed E-state index contributed by atoms with van der Waals surface area (Å²) in [6, 6.07) is 8.97. The molecule has 2 amide bonds. The normalized spacial score (nSPS) is 10.4. The fourth-order valence-electron chi connectivity index (χ4n) is 2.34. The summed E-state index contributed by atoms with van der Waals surface area (Å²) >= 11 is 7.84. The molecule has 0 heterocycles. The zero-order valence-corrected chi connectivity index (χ0v) is 20.8. The Morgan fingerprint density at radius 2 is 1.89 bits per heavy atom. The van der Waals surface area contributed by atoms with Gasteiger partial charge in [0.25, 0.3) is 5.91 Å². The van der Waals surface area contributed by atoms with Crippen LogP contribution in [0.15, 0.2) is 34.8 Å². The Morgan fingerprint density at radius 1 is 1.15 bits per heavy atom. The molecule has 0 aliphatic rings. The zero-order chi connectivity index (χ0) is 20.0. The molecule has 0 spiro atoms. The molecule has 144 valence electrons. The third-order valence-corrected chi connectivity index (χ3v) is 6.80. The van der Waals surface area contributed by atoms with E-state index in [4.69, 9.17) is 4.74 Å². The summed E-state index contributed by atoms with van der Waals surface area (Å²) in [6.07, 6.45) is 2.27. The summed E-state index contributed by atoms with van der Waals surface area (Å²) in [5, 5.41) is 5.72. The van der Waals surface area contributed by atoms with Crippen molar-refractivity contribution in [1.82, 2.24) is 0 Å². The van der Waals surface area contributed by atoms with Gasteiger partial charge in [0.15, 0.2) is 0 Å². The lowest BCUT2D eigenvalue weighted by atomic mass is 10.2. The first-order valence-corrected chi connectivity index (χ1v) is 11.2. The Labute approximate surface area is 194 Å². The van der Waals surface area contributed by atoms with E-state index in [9.17, 15) is 9.59 Å². The molecule has 5 nitrogen and oxygen atoms in total. The number of methoxy groups -OCH3 is 1. The van der Waals surface area contributed by atoms with Crippen molar-refractivity contribution >= 4 is 84.3 Å². The molecule has 2 aromatic carbocycles. The summed E-state index contributed by atoms with van der Waals surface area (Å²) in [6.45, 7) is 2.04. The number of nitrogens with one attached hydrogen (secondary N) is 2. The smallest absolute Gasteiger partial charge is 0.256 e. The standard InChI is InChI=1S/C19H19BrI2N2O3/c1-3-4-5-17(25)24-15-7-6-12(10-16(15)27-2)23-19(26)13-8-11(21)9-14(22)18(13)20/h6-10H,3-5H2,1-2H3,(H,23,26)(H,24,25). The fourth-order valence-corrected chi connectivity index (χ4v) is 4.60. The van der Waals surface area contributed by atoms with Crippen LogP contribution in [0.5, 0.6) is 5.75 Å². The van der Waals surface area contributed by atoms with Gasteiger partial charge in [0.1, 0.15) is 5.75 Å². The van der Waals surface area contributed by atoms with Gasteiger partial charge in [0.2, 0.25) is 5.91 Å². The maximum atomic E-state index is 12.7. The fraction of sp³-hybridized carbons (Fsp3) is 0.263. The van der Waals surface area contributed by atoms with Gasteiger partial charge in [-0.3, -0.25) is 9.59 Å². The van der Waals surface area contributed by atoms with E-state index >= 15 is 0 Å². The molecule has 27 heavy (non-hydrogen) atoms. The minimum atomic E-state index is -0.222. The summed E-state index contributed by atoms with van der Waals surface area (Å²) in [4.78, 5) is 24.6. The quantitative estimate of drug-likeness (QED) is 0.282. The minimum Gasteiger partial charge on any atom is -0.494 e. The van der Waals surface area contributed by atoms with Gasteiger partial charge in [0.05, 0.1) is 18.4 Å². The van der Waals surface area contributed by atoms with Crippen molar-refractivity contribution < 1.29 is 14.3 Å². The highest BCUT2D eigenvalue weighted by molar-refractivity contribution is 14.1. The highest BCUT2D eigenvalue weighted by Gasteiger charge is 2.15. The van der Waals surface area contributed by atoms with Gasteiger partial charge in [-0.15, -0.1) is 0 Å². The summed E-state index contributed by atoms with van der Waals surface area (Å²) < 4.78 is 8.06. The van der Waals surface area contributed by atoms with Crippen molar-refractivity contribution in [3.63, 3.8) is 0 Å². The molecule has 0 saturated carbocycles. The van der Waals surface area contributed by atoms with Crippen molar-refractivity contribution in [3.8, 4) is 5.75 Å². The second-order valence-electron chi connectivity index (χ2n) is 5.77. The van der Waals surface area contributed by atoms with Crippen LogP contribution in [0.1, 0.15) is 36.5 Å². The first-order valence-electron chi connectivity index (χ1n) is 8.29. The molecule has 2 N–H and O–H groups in total. The maximum absolute atomic E-state index is 12.7. The zero-order valence-electron chi connectivity index (χ0n) is 14.9. The SMILES string of the molecule is CCCCC(=O)Nc1ccc(NC(=O)c2cc(I)cc(I)c2Br)cc1OC. The van der Waals surface area contributed by atoms with Crippen LogP contribution in [0.4, 0.5) is 11.4 Å². The molecule has 0 atom stereocenters. The Kier molecular flexibility index (Phi) is 8.80. The number of benzene rings is 2. The predicted octanol–water partition coefficient (Wildman–Crippen LogP) is 6.05. The largest absolute Gasteiger partial charge is 0.494 e. The number of hydrogen-bond donors (Lipinski definition) is 2. The first kappa shape index (κ1) is 22.4. The highest BCUT2D eigenvalue weighted by Crippen LogP contribution is 2.30. The Morgan fingerprint density at radius 3 is 2.56 bits per heavy atom. The Hall–Kier alpha value is -0.880. The first-order chi connectivity index (χ1) is 12.8. The van der Waals surface area contributed by atoms with Crippen LogP contribution in [-0.2, 0) is 4.79 Å². The van der Waals surface area contributed by atoms with Gasteiger partial charge in [-0.1, -0.05) is 13.3 Å². The van der Waals surface area contributed by atoms with E-state index in [-0.39, 0.29) is 11.8 Å². The molecule has 0 saturated heterocycles. The summed E-state index contributed by atoms with van der Waals surface area (Å²) in [7, 11) is 1.53. The molecule has 0 radical (unpaired) electrons. The van der Waals surface area contributed by atoms with Crippen molar-refractivity contribution in [2.75, 3.05) is 17.7 Å². The van der Waals surface area contributed by atoms with Gasteiger partial charge in [-0.05, 0) is 91.8 Å². The van der Waals surface area contributed by atoms with Crippen LogP contribution in [0.2, 0.25) is 0 Å². The summed E-state index contributed by atoms with van der Waals surface area (Å²) in [5.74, 6) is 0.221. The minimum absolute atomic E-state index is 0.0516. The average molecular weight is 657 g/mol. The molecule has 2 aromatic rings. The second-order valence-corrected chi connectivity index (χ2v) is 8.97. The number of halogens is 3. The van der Waals surface area contributed by atoms with Crippen molar-refractivity contribution in [3.05, 3.63) is 47.5 Å². The Bertz CT molecular complexity index is 859. The van der Waals surface area contributed by atoms with Crippen LogP contribution in [-0.4, -0.2) is 18.9 Å². The lowest BCUT2D eigenvalue weighted by Crippen LogP contribution is -2.14. The molecule has 0 aliphatic heterocycles. The van der Waals surface area contributed by atoms with E-state index in [0.717, 1.165) is 24.5 Å². The summed E-state index contributed by atoms with van der Waals surface area (Å²) in [5.41, 5.74) is 1.73. The number of hydrogen-bond acceptors (Lipinski definition) is 3. The van der Waals surface area contributed by atoms with E-state index in [1.807, 2.05) is 19.1 Å². The van der Waals surface area contributed by atoms with Gasteiger partial charge in [-0.25, -0.2) is 0 Å². The lowest BCUT2D eigenvalue weighted by Gasteiger charge is -2.13. The molecule has 0 aromatic heterocycles. The number of rotatable bonds is 7. The highest BCUT2D eigenvalue weighted by atomic mass is 127. The second kappa shape index (κ2) is 10.6. The third kappa shape index (κ3) is 6.31. The van der Waals surface area contributed by atoms with E-state index < -0.39 is 0 Å². The number of unbranched alkanes of at least 4 members (excludes halogenated alkanes) is 1. The number of amides is 2. The third-order valence-electron chi connectivity index (χ3n) is 3.73. The monoisotopic (exact) mass is 656 g/mol. The molecule has 0 fully saturated rings. The molecule has 0 bridgehead atoms. The van der Waals surface area contributed by atoms with E-state index in [0.29, 0.717) is 29.1 Å². The van der Waals surface area contributed by atoms with E-state index in [1.165, 1.54) is 7.11 Å². The van der Waals surface area contributed by atoms with Crippen LogP contribution >= 0.6 is 61.1 Å². The predicted molar refractivity (Wildman–Crippen MR) is 129 cm³/mol. The van der Waals surface area contributed by atoms with Crippen LogP contribution < -0.4 is 15.4 Å². The number of carbonyl (C=O) groups is 2. The van der Waals surface area contributed by atoms with E-state index in [2.05, 4.69) is 71.7 Å². The van der Waals surface area contributed by atoms with Gasteiger partial charge in [0, 0.05) is 29.8 Å². The van der Waals surface area contributed by atoms with Crippen molar-refractivity contribution in [2.45, 2.75) is 26.2 Å². The number of anilines is 2. The molecule has 0 aliphatic carbocycles. The van der Waals surface area contributed by atoms with Crippen molar-refractivity contribution in [1.29, 1.82) is 0 Å². The van der Waals surface area contributed by atoms with Crippen LogP contribution in [0, 0.1) is 7.14 Å². The molecule has 8 heteroatoms. The van der Waals surface area contributed by atoms with Crippen LogP contribution in [0.3, 0.4) is 0 Å². The van der Waals surface area contributed by atoms with Gasteiger partial charge >= 0.3 is 0 Å². The van der Waals surface area contributed by atoms with E-state index in [1.54, 1.807) is 18.2 Å². The topological polar surface area (TPSA) is 67.4 Å². The average Bonchev–Trinajstić information content (AvgIpc) is 2.64. The molecular formula is C19H19BrI2N2O3. The number of ether oxygens (including phenoxy) is 1. The van der Waals surface area contributed by atoms with Gasteiger partial charge in [-0.2, -0.15) is 0 Å². The van der Waals surface area contributed by atoms with Crippen molar-refractivity contribution in [2.24, 2.45) is 0 Å². The Balaban J connectivity index is 2.18. The molecule has 0 unspecified atom stereocenters. The molecular weight excluding hydrogens is 638 g/mol.